The molecule has 1 fully saturated rings. The lowest BCUT2D eigenvalue weighted by atomic mass is 10.1. The second kappa shape index (κ2) is 10.8. The summed E-state index contributed by atoms with van der Waals surface area (Å²) in [4.78, 5) is 6.60. The molecule has 0 aromatic rings. The van der Waals surface area contributed by atoms with Gasteiger partial charge in [0.2, 0.25) is 0 Å². The lowest BCUT2D eigenvalue weighted by Gasteiger charge is -2.23. The number of halogens is 1. The third-order valence-electron chi connectivity index (χ3n) is 3.61. The monoisotopic (exact) mass is 445 g/mol. The van der Waals surface area contributed by atoms with Gasteiger partial charge in [0.15, 0.2) is 5.96 Å². The second-order valence-electron chi connectivity index (χ2n) is 6.40. The Balaban J connectivity index is 0.00000441. The van der Waals surface area contributed by atoms with Gasteiger partial charge in [0.05, 0.1) is 6.61 Å². The van der Waals surface area contributed by atoms with Crippen molar-refractivity contribution in [3.05, 3.63) is 0 Å². The van der Waals surface area contributed by atoms with Crippen molar-refractivity contribution in [2.75, 3.05) is 45.6 Å². The van der Waals surface area contributed by atoms with E-state index in [1.165, 1.54) is 0 Å². The van der Waals surface area contributed by atoms with Crippen molar-refractivity contribution in [1.82, 2.24) is 10.2 Å². The fraction of sp³-hybridized carbons (Fsp3) is 0.933. The van der Waals surface area contributed by atoms with Crippen molar-refractivity contribution < 1.29 is 8.95 Å². The number of guanidine groups is 1. The maximum absolute atomic E-state index is 12.0. The summed E-state index contributed by atoms with van der Waals surface area (Å²) in [6, 6.07) is 0. The molecule has 0 bridgehead atoms. The maximum atomic E-state index is 12.0. The highest BCUT2D eigenvalue weighted by Crippen LogP contribution is 2.16. The number of nitrogens with zero attached hydrogens (tertiary/aromatic N) is 2. The summed E-state index contributed by atoms with van der Waals surface area (Å²) < 4.78 is 17.4. The minimum absolute atomic E-state index is 0. The molecule has 0 amide bonds. The van der Waals surface area contributed by atoms with Crippen LogP contribution in [-0.2, 0) is 15.5 Å². The van der Waals surface area contributed by atoms with Crippen LogP contribution in [0.25, 0.3) is 0 Å². The van der Waals surface area contributed by atoms with Gasteiger partial charge in [0, 0.05) is 60.5 Å². The molecule has 0 spiro atoms. The maximum Gasteiger partial charge on any atom is 0.193 e. The van der Waals surface area contributed by atoms with Gasteiger partial charge in [-0.2, -0.15) is 0 Å². The van der Waals surface area contributed by atoms with Crippen molar-refractivity contribution in [1.29, 1.82) is 0 Å². The van der Waals surface area contributed by atoms with E-state index in [0.717, 1.165) is 38.7 Å². The van der Waals surface area contributed by atoms with E-state index in [1.54, 1.807) is 7.05 Å². The Morgan fingerprint density at radius 1 is 1.45 bits per heavy atom. The summed E-state index contributed by atoms with van der Waals surface area (Å²) in [6.07, 6.45) is 1.15. The van der Waals surface area contributed by atoms with E-state index in [2.05, 4.69) is 15.2 Å². The normalized spacial score (nSPS) is 20.7. The first-order chi connectivity index (χ1) is 9.88. The highest BCUT2D eigenvalue weighted by molar-refractivity contribution is 14.0. The average Bonchev–Trinajstić information content (AvgIpc) is 2.88. The molecule has 2 unspecified atom stereocenters. The molecule has 1 aliphatic heterocycles. The van der Waals surface area contributed by atoms with E-state index < -0.39 is 10.8 Å². The predicted octanol–water partition coefficient (Wildman–Crippen LogP) is 2.09. The number of nitrogens with one attached hydrogen (secondary N) is 1. The van der Waals surface area contributed by atoms with Crippen LogP contribution in [0.15, 0.2) is 4.99 Å². The first-order valence-corrected chi connectivity index (χ1v) is 9.12. The standard InChI is InChI=1S/C15H31N3O2S.HI/c1-6-20-12-13-7-9-18(11-13)14(16-5)17-8-10-21(19)15(2,3)4;/h13H,6-12H2,1-5H3,(H,16,17);1H. The number of ether oxygens (including phenoxy) is 1. The minimum atomic E-state index is -0.825. The van der Waals surface area contributed by atoms with Crippen molar-refractivity contribution in [2.45, 2.75) is 38.9 Å². The summed E-state index contributed by atoms with van der Waals surface area (Å²) in [5.41, 5.74) is 0. The number of aliphatic imine (C=N–C) groups is 1. The van der Waals surface area contributed by atoms with Gasteiger partial charge >= 0.3 is 0 Å². The Morgan fingerprint density at radius 2 is 2.14 bits per heavy atom. The lowest BCUT2D eigenvalue weighted by Crippen LogP contribution is -2.42. The number of hydrogen-bond acceptors (Lipinski definition) is 3. The first-order valence-electron chi connectivity index (χ1n) is 7.80. The molecular weight excluding hydrogens is 413 g/mol. The van der Waals surface area contributed by atoms with Gasteiger partial charge in [-0.05, 0) is 34.1 Å². The summed E-state index contributed by atoms with van der Waals surface area (Å²) in [5, 5.41) is 3.33. The van der Waals surface area contributed by atoms with Gasteiger partial charge in [-0.15, -0.1) is 24.0 Å². The summed E-state index contributed by atoms with van der Waals surface area (Å²) in [5.74, 6) is 2.16. The molecule has 132 valence electrons. The molecular formula is C15H32IN3O2S. The molecule has 1 N–H and O–H groups in total. The van der Waals surface area contributed by atoms with Crippen LogP contribution in [0, 0.1) is 5.92 Å². The molecule has 5 nitrogen and oxygen atoms in total. The Morgan fingerprint density at radius 3 is 2.68 bits per heavy atom. The zero-order valence-corrected chi connectivity index (χ0v) is 17.7. The topological polar surface area (TPSA) is 53.9 Å². The number of likely N-dealkylation sites (tertiary alicyclic amines) is 1. The van der Waals surface area contributed by atoms with Crippen molar-refractivity contribution >= 4 is 40.7 Å². The summed E-state index contributed by atoms with van der Waals surface area (Å²) in [6.45, 7) is 12.4. The van der Waals surface area contributed by atoms with Crippen molar-refractivity contribution in [2.24, 2.45) is 10.9 Å². The minimum Gasteiger partial charge on any atom is -0.381 e. The van der Waals surface area contributed by atoms with E-state index in [0.29, 0.717) is 18.2 Å². The van der Waals surface area contributed by atoms with Gasteiger partial charge < -0.3 is 15.0 Å². The molecule has 7 heteroatoms. The van der Waals surface area contributed by atoms with E-state index in [-0.39, 0.29) is 28.7 Å². The highest BCUT2D eigenvalue weighted by Gasteiger charge is 2.25. The zero-order valence-electron chi connectivity index (χ0n) is 14.6. The lowest BCUT2D eigenvalue weighted by molar-refractivity contribution is 0.114. The quantitative estimate of drug-likeness (QED) is 0.387. The van der Waals surface area contributed by atoms with Gasteiger partial charge in [-0.25, -0.2) is 0 Å². The number of rotatable bonds is 6. The Labute approximate surface area is 155 Å². The van der Waals surface area contributed by atoms with Crippen LogP contribution in [0.2, 0.25) is 0 Å². The van der Waals surface area contributed by atoms with E-state index >= 15 is 0 Å². The van der Waals surface area contributed by atoms with Crippen LogP contribution in [0.4, 0.5) is 0 Å². The zero-order chi connectivity index (χ0) is 15.9. The van der Waals surface area contributed by atoms with Crippen LogP contribution in [0.5, 0.6) is 0 Å². The van der Waals surface area contributed by atoms with Gasteiger partial charge in [0.25, 0.3) is 0 Å². The van der Waals surface area contributed by atoms with Crippen LogP contribution >= 0.6 is 24.0 Å². The van der Waals surface area contributed by atoms with Gasteiger partial charge in [-0.3, -0.25) is 9.20 Å². The molecule has 0 radical (unpaired) electrons. The van der Waals surface area contributed by atoms with Crippen LogP contribution in [0.3, 0.4) is 0 Å². The SMILES string of the molecule is CCOCC1CCN(C(=NC)NCCS(=O)C(C)(C)C)C1.I. The fourth-order valence-corrected chi connectivity index (χ4v) is 3.24. The van der Waals surface area contributed by atoms with E-state index in [1.807, 2.05) is 27.7 Å². The van der Waals surface area contributed by atoms with Crippen LogP contribution in [-0.4, -0.2) is 65.5 Å². The third-order valence-corrected chi connectivity index (χ3v) is 5.55. The molecule has 0 aromatic heterocycles. The molecule has 0 aromatic carbocycles. The highest BCUT2D eigenvalue weighted by atomic mass is 127. The molecule has 1 heterocycles. The van der Waals surface area contributed by atoms with Gasteiger partial charge in [0.1, 0.15) is 0 Å². The first kappa shape index (κ1) is 22.1. The summed E-state index contributed by atoms with van der Waals surface area (Å²) in [7, 11) is 0.980. The Bertz CT molecular complexity index is 372. The largest absolute Gasteiger partial charge is 0.381 e. The van der Waals surface area contributed by atoms with Crippen molar-refractivity contribution in [3.8, 4) is 0 Å². The smallest absolute Gasteiger partial charge is 0.193 e. The van der Waals surface area contributed by atoms with Crippen LogP contribution in [0.1, 0.15) is 34.1 Å². The Hall–Kier alpha value is 0.110. The number of hydrogen-bond donors (Lipinski definition) is 1. The van der Waals surface area contributed by atoms with Crippen LogP contribution < -0.4 is 5.32 Å². The van der Waals surface area contributed by atoms with Crippen molar-refractivity contribution in [3.63, 3.8) is 0 Å². The summed E-state index contributed by atoms with van der Waals surface area (Å²) >= 11 is 0. The molecule has 1 aliphatic rings. The molecule has 22 heavy (non-hydrogen) atoms. The Kier molecular flexibility index (Phi) is 10.9. The van der Waals surface area contributed by atoms with E-state index in [9.17, 15) is 4.21 Å². The van der Waals surface area contributed by atoms with Gasteiger partial charge in [-0.1, -0.05) is 0 Å². The third kappa shape index (κ3) is 7.59. The predicted molar refractivity (Wildman–Crippen MR) is 106 cm³/mol. The van der Waals surface area contributed by atoms with E-state index in [4.69, 9.17) is 4.74 Å². The average molecular weight is 445 g/mol. The molecule has 1 rings (SSSR count). The second-order valence-corrected chi connectivity index (χ2v) is 8.72. The fourth-order valence-electron chi connectivity index (χ4n) is 2.34. The molecule has 1 saturated heterocycles. The molecule has 2 atom stereocenters. The molecule has 0 saturated carbocycles. The molecule has 0 aliphatic carbocycles.